The topological polar surface area (TPSA) is 38.9 Å². The molecule has 0 saturated carbocycles. The molecule has 0 aliphatic carbocycles. The van der Waals surface area contributed by atoms with Crippen LogP contribution in [0.15, 0.2) is 12.1 Å². The molecule has 0 atom stereocenters. The maximum Gasteiger partial charge on any atom is 0.433 e. The number of aromatic nitrogens is 1. The lowest BCUT2D eigenvalue weighted by Gasteiger charge is -2.15. The number of alkyl halides is 3. The number of hydrogen-bond donors (Lipinski definition) is 1. The van der Waals surface area contributed by atoms with E-state index in [1.54, 1.807) is 13.0 Å². The lowest BCUT2D eigenvalue weighted by Crippen LogP contribution is -2.13. The van der Waals surface area contributed by atoms with E-state index in [-0.39, 0.29) is 21.8 Å². The number of pyridine rings is 1. The minimum atomic E-state index is -4.54. The van der Waals surface area contributed by atoms with Gasteiger partial charge in [-0.25, -0.2) is 4.98 Å². The van der Waals surface area contributed by atoms with Crippen LogP contribution in [0.4, 0.5) is 18.9 Å². The Labute approximate surface area is 107 Å². The molecule has 2 aromatic rings. The van der Waals surface area contributed by atoms with Gasteiger partial charge in [0, 0.05) is 16.6 Å². The summed E-state index contributed by atoms with van der Waals surface area (Å²) in [6.07, 6.45) is -4.54. The largest absolute Gasteiger partial charge is 0.433 e. The number of anilines is 1. The predicted octanol–water partition coefficient (Wildman–Crippen LogP) is 4.11. The van der Waals surface area contributed by atoms with E-state index >= 15 is 0 Å². The summed E-state index contributed by atoms with van der Waals surface area (Å²) in [5.74, 6) is 0. The molecule has 96 valence electrons. The van der Waals surface area contributed by atoms with Crippen LogP contribution in [-0.2, 0) is 6.18 Å². The van der Waals surface area contributed by atoms with E-state index in [9.17, 15) is 13.2 Å². The van der Waals surface area contributed by atoms with Crippen molar-refractivity contribution >= 4 is 28.2 Å². The second-order valence-corrected chi connectivity index (χ2v) is 4.49. The molecule has 18 heavy (non-hydrogen) atoms. The Bertz CT molecular complexity index is 635. The molecule has 2 N–H and O–H groups in total. The van der Waals surface area contributed by atoms with E-state index in [0.717, 1.165) is 5.56 Å². The molecule has 2 nitrogen and oxygen atoms in total. The van der Waals surface area contributed by atoms with Crippen LogP contribution in [0.5, 0.6) is 0 Å². The number of rotatable bonds is 0. The number of nitrogens with zero attached hydrogens (tertiary/aromatic N) is 1. The van der Waals surface area contributed by atoms with Crippen LogP contribution in [0.2, 0.25) is 5.02 Å². The van der Waals surface area contributed by atoms with E-state index in [0.29, 0.717) is 5.39 Å². The van der Waals surface area contributed by atoms with Crippen molar-refractivity contribution in [2.75, 3.05) is 5.73 Å². The average Bonchev–Trinajstić information content (AvgIpc) is 2.26. The summed E-state index contributed by atoms with van der Waals surface area (Å²) < 4.78 is 38.5. The second-order valence-electron chi connectivity index (χ2n) is 4.08. The Kier molecular flexibility index (Phi) is 2.89. The summed E-state index contributed by atoms with van der Waals surface area (Å²) in [7, 11) is 0. The fourth-order valence-corrected chi connectivity index (χ4v) is 2.10. The molecule has 0 saturated heterocycles. The Balaban J connectivity index is 2.97. The molecule has 1 aromatic heterocycles. The molecule has 0 bridgehead atoms. The van der Waals surface area contributed by atoms with Gasteiger partial charge in [0.2, 0.25) is 0 Å². The Morgan fingerprint density at radius 1 is 1.22 bits per heavy atom. The van der Waals surface area contributed by atoms with Crippen molar-refractivity contribution in [1.29, 1.82) is 0 Å². The number of halogens is 4. The van der Waals surface area contributed by atoms with E-state index in [1.165, 1.54) is 13.0 Å². The van der Waals surface area contributed by atoms with Gasteiger partial charge < -0.3 is 5.73 Å². The highest BCUT2D eigenvalue weighted by atomic mass is 35.5. The van der Waals surface area contributed by atoms with Crippen LogP contribution in [0.3, 0.4) is 0 Å². The number of benzene rings is 1. The molecule has 0 fully saturated rings. The normalized spacial score (nSPS) is 12.1. The number of nitrogen functional groups attached to an aromatic ring is 1. The Hall–Kier alpha value is -1.49. The van der Waals surface area contributed by atoms with Gasteiger partial charge in [0.1, 0.15) is 5.69 Å². The van der Waals surface area contributed by atoms with Crippen LogP contribution in [0.1, 0.15) is 16.8 Å². The second kappa shape index (κ2) is 4.02. The fraction of sp³-hybridized carbons (Fsp3) is 0.250. The highest BCUT2D eigenvalue weighted by molar-refractivity contribution is 6.35. The van der Waals surface area contributed by atoms with Gasteiger partial charge in [0.15, 0.2) is 0 Å². The summed E-state index contributed by atoms with van der Waals surface area (Å²) in [5.41, 5.74) is 5.64. The van der Waals surface area contributed by atoms with Crippen molar-refractivity contribution < 1.29 is 13.2 Å². The van der Waals surface area contributed by atoms with Crippen LogP contribution in [-0.4, -0.2) is 4.98 Å². The minimum Gasteiger partial charge on any atom is -0.398 e. The quantitative estimate of drug-likeness (QED) is 0.785. The zero-order chi connectivity index (χ0) is 13.7. The minimum absolute atomic E-state index is 0.0691. The van der Waals surface area contributed by atoms with E-state index in [4.69, 9.17) is 17.3 Å². The van der Waals surface area contributed by atoms with Crippen LogP contribution in [0, 0.1) is 13.8 Å². The first-order valence-corrected chi connectivity index (χ1v) is 5.53. The lowest BCUT2D eigenvalue weighted by atomic mass is 10.0. The summed E-state index contributed by atoms with van der Waals surface area (Å²) in [6.45, 7) is 3.06. The molecule has 0 amide bonds. The Morgan fingerprint density at radius 3 is 2.39 bits per heavy atom. The number of hydrogen-bond acceptors (Lipinski definition) is 2. The zero-order valence-corrected chi connectivity index (χ0v) is 10.4. The van der Waals surface area contributed by atoms with Crippen molar-refractivity contribution in [3.63, 3.8) is 0 Å². The SMILES string of the molecule is Cc1c(C(F)(F)F)nc2c(Cl)ccc(C)c2c1N. The standard InChI is InChI=1S/C12H10ClF3N2/c1-5-3-4-7(13)10-8(5)9(17)6(2)11(18-10)12(14,15)16/h3-4H,1-2H3,(H2,17,18). The maximum atomic E-state index is 12.8. The highest BCUT2D eigenvalue weighted by Gasteiger charge is 2.36. The first kappa shape index (κ1) is 13.0. The van der Waals surface area contributed by atoms with Crippen molar-refractivity contribution in [3.8, 4) is 0 Å². The van der Waals surface area contributed by atoms with Crippen molar-refractivity contribution in [1.82, 2.24) is 4.98 Å². The third kappa shape index (κ3) is 1.88. The lowest BCUT2D eigenvalue weighted by molar-refractivity contribution is -0.141. The van der Waals surface area contributed by atoms with Gasteiger partial charge in [-0.1, -0.05) is 17.7 Å². The van der Waals surface area contributed by atoms with E-state index < -0.39 is 11.9 Å². The van der Waals surface area contributed by atoms with Crippen molar-refractivity contribution in [3.05, 3.63) is 34.0 Å². The van der Waals surface area contributed by atoms with Gasteiger partial charge in [-0.3, -0.25) is 0 Å². The van der Waals surface area contributed by atoms with Crippen LogP contribution in [0.25, 0.3) is 10.9 Å². The molecule has 1 heterocycles. The molecule has 6 heteroatoms. The maximum absolute atomic E-state index is 12.8. The van der Waals surface area contributed by atoms with Gasteiger partial charge in [0.05, 0.1) is 10.5 Å². The van der Waals surface area contributed by atoms with Gasteiger partial charge in [-0.2, -0.15) is 13.2 Å². The number of fused-ring (bicyclic) bond motifs is 1. The van der Waals surface area contributed by atoms with Crippen molar-refractivity contribution in [2.24, 2.45) is 0 Å². The average molecular weight is 275 g/mol. The van der Waals surface area contributed by atoms with Crippen LogP contribution >= 0.6 is 11.6 Å². The number of aryl methyl sites for hydroxylation is 1. The summed E-state index contributed by atoms with van der Waals surface area (Å²) in [6, 6.07) is 3.22. The molecule has 1 aromatic carbocycles. The molecule has 0 aliphatic heterocycles. The molecule has 0 unspecified atom stereocenters. The third-order valence-corrected chi connectivity index (χ3v) is 3.16. The van der Waals surface area contributed by atoms with Crippen LogP contribution < -0.4 is 5.73 Å². The molecular weight excluding hydrogens is 265 g/mol. The fourth-order valence-electron chi connectivity index (χ4n) is 1.90. The molecule has 0 radical (unpaired) electrons. The summed E-state index contributed by atoms with van der Waals surface area (Å²) >= 11 is 5.89. The van der Waals surface area contributed by atoms with E-state index in [2.05, 4.69) is 4.98 Å². The van der Waals surface area contributed by atoms with Gasteiger partial charge in [-0.05, 0) is 25.5 Å². The smallest absolute Gasteiger partial charge is 0.398 e. The first-order valence-electron chi connectivity index (χ1n) is 5.15. The van der Waals surface area contributed by atoms with Crippen molar-refractivity contribution in [2.45, 2.75) is 20.0 Å². The molecular formula is C12H10ClF3N2. The summed E-state index contributed by atoms with van der Waals surface area (Å²) in [5, 5.41) is 0.640. The molecule has 2 rings (SSSR count). The number of nitrogens with two attached hydrogens (primary N) is 1. The highest BCUT2D eigenvalue weighted by Crippen LogP contribution is 2.38. The molecule has 0 spiro atoms. The Morgan fingerprint density at radius 2 is 1.83 bits per heavy atom. The zero-order valence-electron chi connectivity index (χ0n) is 9.69. The van der Waals surface area contributed by atoms with Gasteiger partial charge in [0.25, 0.3) is 0 Å². The van der Waals surface area contributed by atoms with E-state index in [1.807, 2.05) is 0 Å². The monoisotopic (exact) mass is 274 g/mol. The van der Waals surface area contributed by atoms with Gasteiger partial charge >= 0.3 is 6.18 Å². The summed E-state index contributed by atoms with van der Waals surface area (Å²) in [4.78, 5) is 3.63. The van der Waals surface area contributed by atoms with Gasteiger partial charge in [-0.15, -0.1) is 0 Å². The predicted molar refractivity (Wildman–Crippen MR) is 65.6 cm³/mol. The third-order valence-electron chi connectivity index (χ3n) is 2.86. The first-order chi connectivity index (χ1) is 8.23. The molecule has 0 aliphatic rings.